The number of para-hydroxylation sites is 1. The van der Waals surface area contributed by atoms with E-state index in [-0.39, 0.29) is 0 Å². The van der Waals surface area contributed by atoms with Crippen LogP contribution in [-0.2, 0) is 24.3 Å². The van der Waals surface area contributed by atoms with Gasteiger partial charge in [0.1, 0.15) is 16.8 Å². The Morgan fingerprint density at radius 1 is 1.08 bits per heavy atom. The van der Waals surface area contributed by atoms with Gasteiger partial charge in [-0.2, -0.15) is 4.72 Å². The van der Waals surface area contributed by atoms with Crippen LogP contribution in [0.2, 0.25) is 0 Å². The molecule has 0 aromatic heterocycles. The van der Waals surface area contributed by atoms with Gasteiger partial charge in [0.2, 0.25) is 10.0 Å². The van der Waals surface area contributed by atoms with Gasteiger partial charge in [0.05, 0.1) is 0 Å². The van der Waals surface area contributed by atoms with E-state index in [2.05, 4.69) is 5.32 Å². The van der Waals surface area contributed by atoms with E-state index in [9.17, 15) is 22.4 Å². The Morgan fingerprint density at radius 3 is 2.35 bits per heavy atom. The second-order valence-electron chi connectivity index (χ2n) is 5.30. The zero-order valence-corrected chi connectivity index (χ0v) is 14.6. The average molecular weight is 380 g/mol. The number of amides is 1. The summed E-state index contributed by atoms with van der Waals surface area (Å²) >= 11 is 0. The highest BCUT2D eigenvalue weighted by Crippen LogP contribution is 2.13. The summed E-state index contributed by atoms with van der Waals surface area (Å²) in [6.45, 7) is 0.648. The third-order valence-corrected chi connectivity index (χ3v) is 4.79. The van der Waals surface area contributed by atoms with Gasteiger partial charge < -0.3 is 10.1 Å². The van der Waals surface area contributed by atoms with Gasteiger partial charge in [0.15, 0.2) is 6.61 Å². The minimum absolute atomic E-state index is 0.529. The molecule has 1 atom stereocenters. The highest BCUT2D eigenvalue weighted by Gasteiger charge is 2.25. The van der Waals surface area contributed by atoms with Crippen molar-refractivity contribution in [2.45, 2.75) is 17.9 Å². The van der Waals surface area contributed by atoms with Gasteiger partial charge in [0, 0.05) is 5.69 Å². The number of nitrogens with one attached hydrogen (secondary N) is 2. The molecule has 0 radical (unpaired) electrons. The van der Waals surface area contributed by atoms with Gasteiger partial charge >= 0.3 is 5.97 Å². The summed E-state index contributed by atoms with van der Waals surface area (Å²) in [7, 11) is -4.25. The predicted octanol–water partition coefficient (Wildman–Crippen LogP) is 1.67. The molecule has 2 N–H and O–H groups in total. The maximum absolute atomic E-state index is 13.6. The number of halogens is 1. The molecule has 0 fully saturated rings. The summed E-state index contributed by atoms with van der Waals surface area (Å²) in [4.78, 5) is 23.0. The van der Waals surface area contributed by atoms with Crippen LogP contribution in [0.1, 0.15) is 6.92 Å². The molecule has 7 nitrogen and oxygen atoms in total. The Labute approximate surface area is 150 Å². The molecule has 138 valence electrons. The second-order valence-corrected chi connectivity index (χ2v) is 6.98. The highest BCUT2D eigenvalue weighted by atomic mass is 32.2. The standard InChI is InChI=1S/C17H17FN2O5S/c1-12(20-26(23,24)15-10-6-5-9-14(15)18)17(22)25-11-16(21)19-13-7-3-2-4-8-13/h2-10,12,20H,11H2,1H3,(H,19,21)/t12-/m0/s1. The van der Waals surface area contributed by atoms with Gasteiger partial charge in [-0.05, 0) is 31.2 Å². The fraction of sp³-hybridized carbons (Fsp3) is 0.176. The largest absolute Gasteiger partial charge is 0.454 e. The summed E-state index contributed by atoms with van der Waals surface area (Å²) in [5.41, 5.74) is 0.529. The van der Waals surface area contributed by atoms with E-state index in [1.165, 1.54) is 19.1 Å². The SMILES string of the molecule is C[C@H](NS(=O)(=O)c1ccccc1F)C(=O)OCC(=O)Nc1ccccc1. The summed E-state index contributed by atoms with van der Waals surface area (Å²) in [6.07, 6.45) is 0. The minimum Gasteiger partial charge on any atom is -0.454 e. The third-order valence-electron chi connectivity index (χ3n) is 3.21. The molecule has 2 aromatic rings. The molecular formula is C17H17FN2O5S. The number of hydrogen-bond acceptors (Lipinski definition) is 5. The third kappa shape index (κ3) is 5.36. The first-order valence-corrected chi connectivity index (χ1v) is 9.06. The number of benzene rings is 2. The van der Waals surface area contributed by atoms with Crippen LogP contribution in [0.4, 0.5) is 10.1 Å². The van der Waals surface area contributed by atoms with Crippen LogP contribution in [0.25, 0.3) is 0 Å². The lowest BCUT2D eigenvalue weighted by molar-refractivity contribution is -0.148. The predicted molar refractivity (Wildman–Crippen MR) is 92.2 cm³/mol. The van der Waals surface area contributed by atoms with Crippen molar-refractivity contribution < 1.29 is 27.1 Å². The topological polar surface area (TPSA) is 102 Å². The Bertz CT molecular complexity index is 887. The zero-order valence-electron chi connectivity index (χ0n) is 13.8. The van der Waals surface area contributed by atoms with E-state index in [4.69, 9.17) is 4.74 Å². The van der Waals surface area contributed by atoms with Crippen molar-refractivity contribution in [3.8, 4) is 0 Å². The lowest BCUT2D eigenvalue weighted by Crippen LogP contribution is -2.40. The number of rotatable bonds is 7. The Kier molecular flexibility index (Phi) is 6.42. The smallest absolute Gasteiger partial charge is 0.324 e. The fourth-order valence-corrected chi connectivity index (χ4v) is 3.26. The Morgan fingerprint density at radius 2 is 1.69 bits per heavy atom. The first kappa shape index (κ1) is 19.5. The molecule has 2 aromatic carbocycles. The number of carbonyl (C=O) groups excluding carboxylic acids is 2. The molecule has 0 aliphatic rings. The minimum atomic E-state index is -4.25. The molecular weight excluding hydrogens is 363 g/mol. The second kappa shape index (κ2) is 8.54. The van der Waals surface area contributed by atoms with Crippen molar-refractivity contribution in [1.82, 2.24) is 4.72 Å². The van der Waals surface area contributed by atoms with Crippen LogP contribution >= 0.6 is 0 Å². The first-order chi connectivity index (χ1) is 12.3. The van der Waals surface area contributed by atoms with Crippen molar-refractivity contribution >= 4 is 27.6 Å². The molecule has 0 unspecified atom stereocenters. The van der Waals surface area contributed by atoms with E-state index >= 15 is 0 Å². The maximum atomic E-state index is 13.6. The lowest BCUT2D eigenvalue weighted by atomic mass is 10.3. The molecule has 0 heterocycles. The molecule has 2 rings (SSSR count). The number of sulfonamides is 1. The van der Waals surface area contributed by atoms with E-state index < -0.39 is 45.3 Å². The van der Waals surface area contributed by atoms with Crippen LogP contribution in [0.5, 0.6) is 0 Å². The van der Waals surface area contributed by atoms with Crippen molar-refractivity contribution in [3.63, 3.8) is 0 Å². The quantitative estimate of drug-likeness (QED) is 0.712. The number of ether oxygens (including phenoxy) is 1. The van der Waals surface area contributed by atoms with Gasteiger partial charge in [-0.15, -0.1) is 0 Å². The molecule has 0 spiro atoms. The number of esters is 1. The average Bonchev–Trinajstić information content (AvgIpc) is 2.60. The van der Waals surface area contributed by atoms with Crippen LogP contribution in [0.3, 0.4) is 0 Å². The van der Waals surface area contributed by atoms with Crippen LogP contribution in [0.15, 0.2) is 59.5 Å². The van der Waals surface area contributed by atoms with Gasteiger partial charge in [0.25, 0.3) is 5.91 Å². The van der Waals surface area contributed by atoms with E-state index in [1.807, 2.05) is 4.72 Å². The monoisotopic (exact) mass is 380 g/mol. The molecule has 0 saturated heterocycles. The molecule has 26 heavy (non-hydrogen) atoms. The molecule has 0 aliphatic heterocycles. The normalized spacial score (nSPS) is 12.2. The Balaban J connectivity index is 1.89. The van der Waals surface area contributed by atoms with Crippen molar-refractivity contribution in [2.75, 3.05) is 11.9 Å². The van der Waals surface area contributed by atoms with Gasteiger partial charge in [-0.25, -0.2) is 12.8 Å². The molecule has 0 saturated carbocycles. The van der Waals surface area contributed by atoms with Crippen LogP contribution < -0.4 is 10.0 Å². The highest BCUT2D eigenvalue weighted by molar-refractivity contribution is 7.89. The van der Waals surface area contributed by atoms with E-state index in [0.717, 1.165) is 12.1 Å². The summed E-state index contributed by atoms with van der Waals surface area (Å²) in [5, 5.41) is 2.51. The molecule has 1 amide bonds. The van der Waals surface area contributed by atoms with E-state index in [1.54, 1.807) is 30.3 Å². The fourth-order valence-electron chi connectivity index (χ4n) is 1.99. The molecule has 0 bridgehead atoms. The first-order valence-electron chi connectivity index (χ1n) is 7.58. The number of anilines is 1. The summed E-state index contributed by atoms with van der Waals surface area (Å²) < 4.78 is 44.6. The lowest BCUT2D eigenvalue weighted by Gasteiger charge is -2.14. The molecule has 0 aliphatic carbocycles. The zero-order chi connectivity index (χ0) is 19.2. The maximum Gasteiger partial charge on any atom is 0.324 e. The van der Waals surface area contributed by atoms with Gasteiger partial charge in [-0.3, -0.25) is 9.59 Å². The number of carbonyl (C=O) groups is 2. The summed E-state index contributed by atoms with van der Waals surface area (Å²) in [6, 6.07) is 12.0. The number of hydrogen-bond donors (Lipinski definition) is 2. The van der Waals surface area contributed by atoms with Crippen LogP contribution in [0, 0.1) is 5.82 Å². The van der Waals surface area contributed by atoms with Crippen molar-refractivity contribution in [1.29, 1.82) is 0 Å². The van der Waals surface area contributed by atoms with Crippen LogP contribution in [-0.4, -0.2) is 32.9 Å². The van der Waals surface area contributed by atoms with E-state index in [0.29, 0.717) is 5.69 Å². The van der Waals surface area contributed by atoms with Crippen molar-refractivity contribution in [2.24, 2.45) is 0 Å². The Hall–Kier alpha value is -2.78. The molecule has 9 heteroatoms. The van der Waals surface area contributed by atoms with Gasteiger partial charge in [-0.1, -0.05) is 30.3 Å². The summed E-state index contributed by atoms with van der Waals surface area (Å²) in [5.74, 6) is -2.48. The van der Waals surface area contributed by atoms with Crippen molar-refractivity contribution in [3.05, 3.63) is 60.4 Å².